The topological polar surface area (TPSA) is 27.8 Å². The molecule has 2 aromatic rings. The molecule has 2 rings (SSSR count). The zero-order valence-corrected chi connectivity index (χ0v) is 10.4. The van der Waals surface area contributed by atoms with E-state index in [0.29, 0.717) is 11.9 Å². The van der Waals surface area contributed by atoms with Crippen molar-refractivity contribution in [2.75, 3.05) is 12.9 Å². The Bertz CT molecular complexity index is 476. The van der Waals surface area contributed by atoms with Crippen molar-refractivity contribution in [3.63, 3.8) is 0 Å². The normalized spacial score (nSPS) is 13.2. The highest BCUT2D eigenvalue weighted by atomic mass is 35.5. The fraction of sp³-hybridized carbons (Fsp3) is 0.385. The van der Waals surface area contributed by atoms with Crippen molar-refractivity contribution in [3.8, 4) is 0 Å². The zero-order chi connectivity index (χ0) is 11.5. The number of para-hydroxylation sites is 1. The van der Waals surface area contributed by atoms with Gasteiger partial charge in [0.05, 0.1) is 0 Å². The van der Waals surface area contributed by atoms with Gasteiger partial charge in [0.25, 0.3) is 0 Å². The molecule has 1 aromatic heterocycles. The van der Waals surface area contributed by atoms with Gasteiger partial charge in [-0.25, -0.2) is 0 Å². The number of aromatic nitrogens is 1. The molecule has 0 aliphatic rings. The predicted octanol–water partition coefficient (Wildman–Crippen LogP) is 3.37. The summed E-state index contributed by atoms with van der Waals surface area (Å²) in [6.07, 6.45) is 0.945. The van der Waals surface area contributed by atoms with Gasteiger partial charge in [-0.2, -0.15) is 0 Å². The first-order valence-electron chi connectivity index (χ1n) is 5.58. The molecule has 86 valence electrons. The van der Waals surface area contributed by atoms with Crippen LogP contribution in [-0.4, -0.2) is 17.9 Å². The molecular formula is C13H17ClN2. The number of aryl methyl sites for hydroxylation is 1. The molecule has 3 heteroatoms. The Morgan fingerprint density at radius 1 is 1.38 bits per heavy atom. The molecule has 16 heavy (non-hydrogen) atoms. The number of H-pyrrole nitrogens is 1. The Balaban J connectivity index is 2.53. The van der Waals surface area contributed by atoms with Crippen molar-refractivity contribution in [1.82, 2.24) is 10.3 Å². The number of nitrogens with one attached hydrogen (secondary N) is 2. The lowest BCUT2D eigenvalue weighted by molar-refractivity contribution is 0.580. The highest BCUT2D eigenvalue weighted by Crippen LogP contribution is 2.29. The van der Waals surface area contributed by atoms with E-state index in [1.807, 2.05) is 7.05 Å². The van der Waals surface area contributed by atoms with Crippen LogP contribution in [-0.2, 0) is 0 Å². The Hall–Kier alpha value is -0.990. The minimum atomic E-state index is 0.327. The second-order valence-corrected chi connectivity index (χ2v) is 4.41. The lowest BCUT2D eigenvalue weighted by atomic mass is 10.0. The summed E-state index contributed by atoms with van der Waals surface area (Å²) in [6.45, 7) is 2.12. The van der Waals surface area contributed by atoms with E-state index >= 15 is 0 Å². The van der Waals surface area contributed by atoms with E-state index in [4.69, 9.17) is 11.6 Å². The van der Waals surface area contributed by atoms with Crippen LogP contribution in [0.3, 0.4) is 0 Å². The van der Waals surface area contributed by atoms with Crippen molar-refractivity contribution in [2.24, 2.45) is 0 Å². The number of halogens is 1. The van der Waals surface area contributed by atoms with Crippen LogP contribution in [0.25, 0.3) is 10.9 Å². The quantitative estimate of drug-likeness (QED) is 0.783. The van der Waals surface area contributed by atoms with Gasteiger partial charge in [-0.3, -0.25) is 0 Å². The minimum Gasteiger partial charge on any atom is -0.358 e. The van der Waals surface area contributed by atoms with Crippen LogP contribution < -0.4 is 5.32 Å². The van der Waals surface area contributed by atoms with E-state index < -0.39 is 0 Å². The van der Waals surface area contributed by atoms with Crippen LogP contribution in [0.5, 0.6) is 0 Å². The summed E-state index contributed by atoms with van der Waals surface area (Å²) in [5.74, 6) is 0.671. The summed E-state index contributed by atoms with van der Waals surface area (Å²) in [6, 6.07) is 8.73. The number of rotatable bonds is 4. The molecule has 0 radical (unpaired) electrons. The lowest BCUT2D eigenvalue weighted by Crippen LogP contribution is -2.17. The molecule has 0 saturated heterocycles. The van der Waals surface area contributed by atoms with E-state index in [2.05, 4.69) is 41.5 Å². The maximum Gasteiger partial charge on any atom is 0.0459 e. The maximum atomic E-state index is 5.85. The van der Waals surface area contributed by atoms with Gasteiger partial charge in [-0.1, -0.05) is 18.2 Å². The van der Waals surface area contributed by atoms with Crippen LogP contribution in [0.15, 0.2) is 24.3 Å². The first-order chi connectivity index (χ1) is 7.77. The van der Waals surface area contributed by atoms with Crippen LogP contribution in [0.1, 0.15) is 23.7 Å². The molecule has 1 atom stereocenters. The molecule has 0 aliphatic heterocycles. The molecule has 1 aromatic carbocycles. The van der Waals surface area contributed by atoms with Gasteiger partial charge in [-0.05, 0) is 32.0 Å². The maximum absolute atomic E-state index is 5.85. The number of hydrogen-bond acceptors (Lipinski definition) is 1. The Labute approximate surface area is 101 Å². The SMILES string of the molecule is CNC(CCCl)c1c(C)[nH]c2ccccc12. The van der Waals surface area contributed by atoms with E-state index in [9.17, 15) is 0 Å². The van der Waals surface area contributed by atoms with E-state index in [0.717, 1.165) is 6.42 Å². The second kappa shape index (κ2) is 4.89. The molecule has 0 bridgehead atoms. The third kappa shape index (κ3) is 1.95. The summed E-state index contributed by atoms with van der Waals surface area (Å²) < 4.78 is 0. The summed E-state index contributed by atoms with van der Waals surface area (Å²) in [7, 11) is 1.98. The number of hydrogen-bond donors (Lipinski definition) is 2. The second-order valence-electron chi connectivity index (χ2n) is 4.03. The number of fused-ring (bicyclic) bond motifs is 1. The molecule has 0 fully saturated rings. The summed E-state index contributed by atoms with van der Waals surface area (Å²) in [5, 5.41) is 4.63. The predicted molar refractivity (Wildman–Crippen MR) is 70.2 cm³/mol. The molecule has 0 aliphatic carbocycles. The molecule has 0 amide bonds. The monoisotopic (exact) mass is 236 g/mol. The Morgan fingerprint density at radius 2 is 2.12 bits per heavy atom. The zero-order valence-electron chi connectivity index (χ0n) is 9.68. The van der Waals surface area contributed by atoms with Gasteiger partial charge in [0.15, 0.2) is 0 Å². The molecular weight excluding hydrogens is 220 g/mol. The highest BCUT2D eigenvalue weighted by molar-refractivity contribution is 6.17. The van der Waals surface area contributed by atoms with Crippen LogP contribution in [0.4, 0.5) is 0 Å². The third-order valence-corrected chi connectivity index (χ3v) is 3.26. The molecule has 1 unspecified atom stereocenters. The first-order valence-corrected chi connectivity index (χ1v) is 6.11. The molecule has 1 heterocycles. The van der Waals surface area contributed by atoms with Crippen molar-refractivity contribution < 1.29 is 0 Å². The molecule has 0 saturated carbocycles. The summed E-state index contributed by atoms with van der Waals surface area (Å²) >= 11 is 5.85. The minimum absolute atomic E-state index is 0.327. The number of aromatic amines is 1. The molecule has 0 spiro atoms. The molecule has 2 nitrogen and oxygen atoms in total. The first kappa shape index (κ1) is 11.5. The van der Waals surface area contributed by atoms with Gasteiger partial charge in [0, 0.05) is 28.5 Å². The van der Waals surface area contributed by atoms with E-state index in [1.165, 1.54) is 22.2 Å². The van der Waals surface area contributed by atoms with Gasteiger partial charge in [0.2, 0.25) is 0 Å². The summed E-state index contributed by atoms with van der Waals surface area (Å²) in [5.41, 5.74) is 3.77. The highest BCUT2D eigenvalue weighted by Gasteiger charge is 2.16. The number of alkyl halides is 1. The fourth-order valence-corrected chi connectivity index (χ4v) is 2.51. The van der Waals surface area contributed by atoms with Crippen molar-refractivity contribution in [3.05, 3.63) is 35.5 Å². The number of benzene rings is 1. The van der Waals surface area contributed by atoms with Crippen LogP contribution >= 0.6 is 11.6 Å². The Kier molecular flexibility index (Phi) is 3.52. The van der Waals surface area contributed by atoms with Crippen LogP contribution in [0, 0.1) is 6.92 Å². The van der Waals surface area contributed by atoms with Crippen molar-refractivity contribution >= 4 is 22.5 Å². The average Bonchev–Trinajstić information content (AvgIpc) is 2.62. The van der Waals surface area contributed by atoms with Gasteiger partial charge < -0.3 is 10.3 Å². The lowest BCUT2D eigenvalue weighted by Gasteiger charge is -2.15. The Morgan fingerprint density at radius 3 is 2.81 bits per heavy atom. The smallest absolute Gasteiger partial charge is 0.0459 e. The van der Waals surface area contributed by atoms with Gasteiger partial charge >= 0.3 is 0 Å². The van der Waals surface area contributed by atoms with E-state index in [1.54, 1.807) is 0 Å². The molecule has 2 N–H and O–H groups in total. The van der Waals surface area contributed by atoms with Gasteiger partial charge in [0.1, 0.15) is 0 Å². The van der Waals surface area contributed by atoms with Crippen molar-refractivity contribution in [1.29, 1.82) is 0 Å². The van der Waals surface area contributed by atoms with Crippen molar-refractivity contribution in [2.45, 2.75) is 19.4 Å². The largest absolute Gasteiger partial charge is 0.358 e. The third-order valence-electron chi connectivity index (χ3n) is 3.04. The fourth-order valence-electron chi connectivity index (χ4n) is 2.29. The van der Waals surface area contributed by atoms with Gasteiger partial charge in [-0.15, -0.1) is 11.6 Å². The standard InChI is InChI=1S/C13H17ClN2/c1-9-13(12(15-2)7-8-14)10-5-3-4-6-11(10)16-9/h3-6,12,15-16H,7-8H2,1-2H3. The summed E-state index contributed by atoms with van der Waals surface area (Å²) in [4.78, 5) is 3.42. The average molecular weight is 237 g/mol. The van der Waals surface area contributed by atoms with Crippen LogP contribution in [0.2, 0.25) is 0 Å². The van der Waals surface area contributed by atoms with E-state index in [-0.39, 0.29) is 0 Å².